The van der Waals surface area contributed by atoms with Gasteiger partial charge in [0.05, 0.1) is 18.9 Å². The summed E-state index contributed by atoms with van der Waals surface area (Å²) in [4.78, 5) is 11.7. The summed E-state index contributed by atoms with van der Waals surface area (Å²) in [5.41, 5.74) is 6.91. The molecular weight excluding hydrogens is 340 g/mol. The maximum Gasteiger partial charge on any atom is 0.250 e. The highest BCUT2D eigenvalue weighted by Crippen LogP contribution is 2.24. The molecule has 1 rings (SSSR count). The molecule has 0 unspecified atom stereocenters. The van der Waals surface area contributed by atoms with Gasteiger partial charge in [0, 0.05) is 30.5 Å². The maximum absolute atomic E-state index is 11.7. The molecule has 1 aromatic carbocycles. The number of carbonyl (C=O) groups is 1. The van der Waals surface area contributed by atoms with Crippen LogP contribution in [0, 0.1) is 0 Å². The zero-order chi connectivity index (χ0) is 15.5. The first-order chi connectivity index (χ1) is 10.1. The van der Waals surface area contributed by atoms with Crippen LogP contribution in [0.1, 0.15) is 6.42 Å². The Labute approximate surface area is 133 Å². The Hall–Kier alpha value is -1.15. The third-order valence-electron chi connectivity index (χ3n) is 2.51. The number of hydrogen-bond acceptors (Lipinski definition) is 5. The fraction of sp³-hybridized carbons (Fsp3) is 0.500. The third-order valence-corrected chi connectivity index (χ3v) is 3.17. The van der Waals surface area contributed by atoms with E-state index in [0.717, 1.165) is 10.9 Å². The number of methoxy groups -OCH3 is 1. The lowest BCUT2D eigenvalue weighted by molar-refractivity contribution is -0.121. The summed E-state index contributed by atoms with van der Waals surface area (Å²) in [6.45, 7) is 2.13. The summed E-state index contributed by atoms with van der Waals surface area (Å²) in [5, 5.41) is 2.73. The molecule has 0 saturated carbocycles. The van der Waals surface area contributed by atoms with Crippen LogP contribution in [0.3, 0.4) is 0 Å². The van der Waals surface area contributed by atoms with Crippen molar-refractivity contribution in [3.8, 4) is 0 Å². The number of nitrogen functional groups attached to an aromatic ring is 1. The molecule has 0 aliphatic carbocycles. The van der Waals surface area contributed by atoms with E-state index in [1.807, 2.05) is 0 Å². The molecule has 1 amide bonds. The van der Waals surface area contributed by atoms with Crippen LogP contribution >= 0.6 is 15.9 Å². The minimum absolute atomic E-state index is 0.0156. The zero-order valence-corrected chi connectivity index (χ0v) is 13.6. The highest BCUT2D eigenvalue weighted by Gasteiger charge is 2.05. The zero-order valence-electron chi connectivity index (χ0n) is 12.1. The predicted molar refractivity (Wildman–Crippen MR) is 85.3 cm³/mol. The van der Waals surface area contributed by atoms with E-state index < -0.39 is 0 Å². The van der Waals surface area contributed by atoms with Gasteiger partial charge >= 0.3 is 0 Å². The van der Waals surface area contributed by atoms with E-state index in [2.05, 4.69) is 21.2 Å². The number of nitrogens with two attached hydrogens (primary N) is 1. The molecule has 0 heterocycles. The molecule has 0 aliphatic rings. The summed E-state index contributed by atoms with van der Waals surface area (Å²) in [7, 11) is 1.65. The summed E-state index contributed by atoms with van der Waals surface area (Å²) in [6, 6.07) is 5.18. The molecule has 0 spiro atoms. The number of ether oxygens (including phenoxy) is 3. The van der Waals surface area contributed by atoms with Crippen molar-refractivity contribution in [3.05, 3.63) is 22.7 Å². The van der Waals surface area contributed by atoms with Gasteiger partial charge in [0.2, 0.25) is 5.91 Å². The van der Waals surface area contributed by atoms with Crippen molar-refractivity contribution in [2.24, 2.45) is 0 Å². The van der Waals surface area contributed by atoms with E-state index in [-0.39, 0.29) is 12.5 Å². The van der Waals surface area contributed by atoms with Crippen molar-refractivity contribution in [3.63, 3.8) is 0 Å². The molecule has 0 bridgehead atoms. The topological polar surface area (TPSA) is 82.8 Å². The van der Waals surface area contributed by atoms with Gasteiger partial charge < -0.3 is 25.3 Å². The summed E-state index contributed by atoms with van der Waals surface area (Å²) >= 11 is 3.33. The van der Waals surface area contributed by atoms with E-state index in [0.29, 0.717) is 37.8 Å². The molecule has 0 aliphatic heterocycles. The lowest BCUT2D eigenvalue weighted by atomic mass is 10.3. The van der Waals surface area contributed by atoms with Crippen LogP contribution in [-0.2, 0) is 19.0 Å². The molecular formula is C14H21BrN2O4. The number of carbonyl (C=O) groups excluding carboxylic acids is 1. The second-order valence-electron chi connectivity index (χ2n) is 4.30. The number of benzene rings is 1. The number of hydrogen-bond donors (Lipinski definition) is 2. The molecule has 0 saturated heterocycles. The predicted octanol–water partition coefficient (Wildman–Crippen LogP) is 2.04. The van der Waals surface area contributed by atoms with Gasteiger partial charge in [-0.1, -0.05) is 0 Å². The van der Waals surface area contributed by atoms with Gasteiger partial charge in [-0.15, -0.1) is 0 Å². The van der Waals surface area contributed by atoms with Crippen molar-refractivity contribution in [1.29, 1.82) is 0 Å². The number of rotatable bonds is 10. The molecule has 21 heavy (non-hydrogen) atoms. The molecule has 0 radical (unpaired) electrons. The third kappa shape index (κ3) is 8.01. The molecule has 118 valence electrons. The van der Waals surface area contributed by atoms with Gasteiger partial charge in [0.15, 0.2) is 0 Å². The van der Waals surface area contributed by atoms with E-state index in [1.54, 1.807) is 25.3 Å². The first-order valence-corrected chi connectivity index (χ1v) is 7.42. The monoisotopic (exact) mass is 360 g/mol. The van der Waals surface area contributed by atoms with Crippen LogP contribution in [0.4, 0.5) is 11.4 Å². The fourth-order valence-electron chi connectivity index (χ4n) is 1.51. The summed E-state index contributed by atoms with van der Waals surface area (Å²) < 4.78 is 16.2. The van der Waals surface area contributed by atoms with E-state index in [9.17, 15) is 4.79 Å². The number of anilines is 2. The van der Waals surface area contributed by atoms with Crippen molar-refractivity contribution in [2.45, 2.75) is 6.42 Å². The quantitative estimate of drug-likeness (QED) is 0.492. The smallest absolute Gasteiger partial charge is 0.250 e. The first kappa shape index (κ1) is 17.9. The van der Waals surface area contributed by atoms with Crippen molar-refractivity contribution in [1.82, 2.24) is 0 Å². The van der Waals surface area contributed by atoms with Crippen LogP contribution in [0.15, 0.2) is 22.7 Å². The van der Waals surface area contributed by atoms with Gasteiger partial charge in [0.25, 0.3) is 0 Å². The Kier molecular flexibility index (Phi) is 9.00. The van der Waals surface area contributed by atoms with Gasteiger partial charge in [0.1, 0.15) is 6.61 Å². The largest absolute Gasteiger partial charge is 0.399 e. The standard InChI is InChI=1S/C14H21BrN2O4/c1-19-5-2-6-20-7-8-21-10-14(18)17-13-4-3-11(16)9-12(13)15/h3-4,9H,2,5-8,10,16H2,1H3,(H,17,18). The summed E-state index contributed by atoms with van der Waals surface area (Å²) in [5.74, 6) is -0.222. The normalized spacial score (nSPS) is 10.6. The molecule has 0 atom stereocenters. The van der Waals surface area contributed by atoms with Crippen molar-refractivity contribution < 1.29 is 19.0 Å². The van der Waals surface area contributed by atoms with Crippen LogP contribution in [-0.4, -0.2) is 46.1 Å². The second-order valence-corrected chi connectivity index (χ2v) is 5.15. The number of halogens is 1. The van der Waals surface area contributed by atoms with Crippen LogP contribution in [0.2, 0.25) is 0 Å². The first-order valence-electron chi connectivity index (χ1n) is 6.62. The van der Waals surface area contributed by atoms with Crippen molar-refractivity contribution in [2.75, 3.05) is 51.2 Å². The van der Waals surface area contributed by atoms with E-state index in [1.165, 1.54) is 0 Å². The van der Waals surface area contributed by atoms with Crippen LogP contribution in [0.5, 0.6) is 0 Å². The number of amides is 1. The maximum atomic E-state index is 11.7. The average molecular weight is 361 g/mol. The van der Waals surface area contributed by atoms with Crippen LogP contribution < -0.4 is 11.1 Å². The highest BCUT2D eigenvalue weighted by molar-refractivity contribution is 9.10. The van der Waals surface area contributed by atoms with Crippen molar-refractivity contribution >= 4 is 33.2 Å². The van der Waals surface area contributed by atoms with Gasteiger partial charge in [-0.3, -0.25) is 4.79 Å². The molecule has 3 N–H and O–H groups in total. The fourth-order valence-corrected chi connectivity index (χ4v) is 2.00. The summed E-state index contributed by atoms with van der Waals surface area (Å²) in [6.07, 6.45) is 0.849. The molecule has 1 aromatic rings. The van der Waals surface area contributed by atoms with Gasteiger partial charge in [-0.2, -0.15) is 0 Å². The van der Waals surface area contributed by atoms with E-state index in [4.69, 9.17) is 19.9 Å². The lowest BCUT2D eigenvalue weighted by Crippen LogP contribution is -2.20. The van der Waals surface area contributed by atoms with Gasteiger partial charge in [-0.05, 0) is 40.5 Å². The average Bonchev–Trinajstić information content (AvgIpc) is 2.45. The second kappa shape index (κ2) is 10.6. The molecule has 7 heteroatoms. The number of nitrogens with one attached hydrogen (secondary N) is 1. The van der Waals surface area contributed by atoms with E-state index >= 15 is 0 Å². The Bertz CT molecular complexity index is 443. The molecule has 0 fully saturated rings. The Morgan fingerprint density at radius 2 is 2.00 bits per heavy atom. The molecule has 6 nitrogen and oxygen atoms in total. The highest BCUT2D eigenvalue weighted by atomic mass is 79.9. The van der Waals surface area contributed by atoms with Gasteiger partial charge in [-0.25, -0.2) is 0 Å². The lowest BCUT2D eigenvalue weighted by Gasteiger charge is -2.09. The minimum Gasteiger partial charge on any atom is -0.399 e. The van der Waals surface area contributed by atoms with Crippen LogP contribution in [0.25, 0.3) is 0 Å². The minimum atomic E-state index is -0.222. The SMILES string of the molecule is COCCCOCCOCC(=O)Nc1ccc(N)cc1Br. The Morgan fingerprint density at radius 1 is 1.24 bits per heavy atom. The molecule has 0 aromatic heterocycles. The Morgan fingerprint density at radius 3 is 2.71 bits per heavy atom. The Balaban J connectivity index is 2.11.